The van der Waals surface area contributed by atoms with Crippen molar-refractivity contribution in [1.29, 1.82) is 0 Å². The van der Waals surface area contributed by atoms with Gasteiger partial charge in [0.25, 0.3) is 0 Å². The molecule has 0 N–H and O–H groups in total. The lowest BCUT2D eigenvalue weighted by molar-refractivity contribution is 1.65. The van der Waals surface area contributed by atoms with Gasteiger partial charge in [0.2, 0.25) is 0 Å². The summed E-state index contributed by atoms with van der Waals surface area (Å²) in [5.41, 5.74) is 0.541. The molecule has 0 radical (unpaired) electrons. The quantitative estimate of drug-likeness (QED) is 0.165. The van der Waals surface area contributed by atoms with Gasteiger partial charge in [0.15, 0.2) is 0 Å². The molecule has 12 aromatic carbocycles. The van der Waals surface area contributed by atoms with Crippen LogP contribution in [0, 0.1) is 0 Å². The van der Waals surface area contributed by atoms with E-state index in [1.54, 1.807) is 12.1 Å². The lowest BCUT2D eigenvalue weighted by Crippen LogP contribution is -1.91. The van der Waals surface area contributed by atoms with E-state index in [9.17, 15) is 11.0 Å². The summed E-state index contributed by atoms with van der Waals surface area (Å²) in [4.78, 5) is 0. The lowest BCUT2D eigenvalue weighted by atomic mass is 9.85. The Bertz CT molecular complexity index is 4070. The Labute approximate surface area is 317 Å². The van der Waals surface area contributed by atoms with E-state index in [0.29, 0.717) is 16.5 Å². The zero-order valence-corrected chi connectivity index (χ0v) is 27.4. The second-order valence-electron chi connectivity index (χ2n) is 13.4. The van der Waals surface area contributed by atoms with E-state index in [1.165, 1.54) is 0 Å². The van der Waals surface area contributed by atoms with Gasteiger partial charge < -0.3 is 0 Å². The monoisotopic (exact) mass is 666 g/mol. The van der Waals surface area contributed by atoms with E-state index >= 15 is 0 Å². The largest absolute Gasteiger partial charge is 0.0636 e. The number of rotatable bonds is 3. The Morgan fingerprint density at radius 2 is 0.712 bits per heavy atom. The van der Waals surface area contributed by atoms with E-state index in [2.05, 4.69) is 0 Å². The second kappa shape index (κ2) is 10.4. The van der Waals surface area contributed by atoms with Gasteiger partial charge in [-0.15, -0.1) is 0 Å². The van der Waals surface area contributed by atoms with Crippen molar-refractivity contribution in [3.8, 4) is 33.4 Å². The van der Waals surface area contributed by atoms with Crippen molar-refractivity contribution in [2.24, 2.45) is 0 Å². The van der Waals surface area contributed by atoms with Crippen molar-refractivity contribution < 1.29 is 16.4 Å². The van der Waals surface area contributed by atoms with Crippen molar-refractivity contribution in [1.82, 2.24) is 0 Å². The molecule has 0 nitrogen and oxygen atoms in total. The number of fused-ring (bicyclic) bond motifs is 2. The highest BCUT2D eigenvalue weighted by Gasteiger charge is 2.18. The van der Waals surface area contributed by atoms with Gasteiger partial charge in [-0.1, -0.05) is 170 Å². The molecule has 12 rings (SSSR count). The third kappa shape index (κ3) is 3.81. The summed E-state index contributed by atoms with van der Waals surface area (Å²) in [5.74, 6) is 0. The van der Waals surface area contributed by atoms with Crippen LogP contribution in [-0.4, -0.2) is 0 Å². The molecule has 0 bridgehead atoms. The topological polar surface area (TPSA) is 0 Å². The van der Waals surface area contributed by atoms with Crippen molar-refractivity contribution in [2.75, 3.05) is 0 Å². The molecule has 0 fully saturated rings. The van der Waals surface area contributed by atoms with Crippen LogP contribution >= 0.6 is 0 Å². The van der Waals surface area contributed by atoms with Crippen LogP contribution in [0.25, 0.3) is 120 Å². The average molecular weight is 667 g/mol. The predicted molar refractivity (Wildman–Crippen MR) is 225 cm³/mol. The van der Waals surface area contributed by atoms with Crippen LogP contribution in [0.4, 0.5) is 0 Å². The molecular formula is C52H30. The fraction of sp³-hybridized carbons (Fsp3) is 0. The molecule has 52 heavy (non-hydrogen) atoms. The Balaban J connectivity index is 1.27. The Kier molecular flexibility index (Phi) is 3.80. The van der Waals surface area contributed by atoms with Gasteiger partial charge in [-0.25, -0.2) is 0 Å². The first-order chi connectivity index (χ1) is 30.8. The molecule has 0 aromatic heterocycles. The predicted octanol–water partition coefficient (Wildman–Crippen LogP) is 14.8. The van der Waals surface area contributed by atoms with Crippen LogP contribution in [0.5, 0.6) is 0 Å². The van der Waals surface area contributed by atoms with E-state index in [0.717, 1.165) is 59.2 Å². The smallest absolute Gasteiger partial charge is 0.0616 e. The molecule has 0 atom stereocenters. The molecule has 0 saturated heterocycles. The fourth-order valence-corrected chi connectivity index (χ4v) is 8.50. The van der Waals surface area contributed by atoms with Gasteiger partial charge in [0.05, 0.1) is 16.4 Å². The zero-order chi connectivity index (χ0) is 44.4. The van der Waals surface area contributed by atoms with Crippen LogP contribution in [0.3, 0.4) is 0 Å². The maximum Gasteiger partial charge on any atom is 0.0636 e. The van der Waals surface area contributed by atoms with E-state index < -0.39 is 60.4 Å². The average Bonchev–Trinajstić information content (AvgIpc) is 3.31. The van der Waals surface area contributed by atoms with E-state index in [4.69, 9.17) is 5.48 Å². The summed E-state index contributed by atoms with van der Waals surface area (Å²) in [6, 6.07) is 29.2. The first-order valence-corrected chi connectivity index (χ1v) is 17.2. The molecule has 12 aromatic rings. The molecule has 0 aliphatic rings. The van der Waals surface area contributed by atoms with E-state index in [1.807, 2.05) is 97.1 Å². The molecule has 238 valence electrons. The van der Waals surface area contributed by atoms with Crippen molar-refractivity contribution in [3.05, 3.63) is 182 Å². The van der Waals surface area contributed by atoms with Gasteiger partial charge in [-0.3, -0.25) is 0 Å². The van der Waals surface area contributed by atoms with Crippen molar-refractivity contribution in [2.45, 2.75) is 0 Å². The Morgan fingerprint density at radius 1 is 0.269 bits per heavy atom. The second-order valence-corrected chi connectivity index (χ2v) is 13.4. The maximum absolute atomic E-state index is 10.2. The highest BCUT2D eigenvalue weighted by Crippen LogP contribution is 2.46. The zero-order valence-electron chi connectivity index (χ0n) is 39.4. The molecule has 0 heterocycles. The van der Waals surface area contributed by atoms with Gasteiger partial charge >= 0.3 is 0 Å². The summed E-state index contributed by atoms with van der Waals surface area (Å²) < 4.78 is 112. The molecular weight excluding hydrogens is 625 g/mol. The fourth-order valence-electron chi connectivity index (χ4n) is 8.50. The highest BCUT2D eigenvalue weighted by atomic mass is 14.2. The minimum Gasteiger partial charge on any atom is -0.0616 e. The summed E-state index contributed by atoms with van der Waals surface area (Å²) in [6.07, 6.45) is 0. The first-order valence-electron chi connectivity index (χ1n) is 23.2. The van der Waals surface area contributed by atoms with Crippen LogP contribution < -0.4 is 0 Å². The number of hydrogen-bond donors (Lipinski definition) is 0. The van der Waals surface area contributed by atoms with Gasteiger partial charge in [0, 0.05) is 0 Å². The molecule has 0 aliphatic carbocycles. The summed E-state index contributed by atoms with van der Waals surface area (Å²) >= 11 is 0. The summed E-state index contributed by atoms with van der Waals surface area (Å²) in [6.45, 7) is 0. The molecule has 0 saturated carbocycles. The molecule has 0 heteroatoms. The normalized spacial score (nSPS) is 15.5. The summed E-state index contributed by atoms with van der Waals surface area (Å²) in [5, 5.41) is 10.5. The van der Waals surface area contributed by atoms with Crippen molar-refractivity contribution in [3.63, 3.8) is 0 Å². The van der Waals surface area contributed by atoms with Crippen LogP contribution in [0.15, 0.2) is 182 Å². The van der Waals surface area contributed by atoms with Crippen LogP contribution in [0.2, 0.25) is 0 Å². The molecule has 0 amide bonds. The molecule has 0 unspecified atom stereocenters. The molecule has 0 spiro atoms. The molecule has 0 aliphatic heterocycles. The van der Waals surface area contributed by atoms with Crippen molar-refractivity contribution >= 4 is 86.2 Å². The minimum atomic E-state index is -0.606. The highest BCUT2D eigenvalue weighted by molar-refractivity contribution is 6.28. The number of hydrogen-bond acceptors (Lipinski definition) is 0. The SMILES string of the molecule is [2H]c1c([2H])c([2H])c2c(-c3ccc4ccc5cccc6ccc3c4c56)c([2H])c(-c3c([2H])c([2H])c(-c4ccc5ccc6cccc7ccc4c5c67)c4c([2H])c([2H])c([2H])c([2H])c34)c([2H])c2c1[2H]. The van der Waals surface area contributed by atoms with Crippen LogP contribution in [0.1, 0.15) is 16.4 Å². The third-order valence-corrected chi connectivity index (χ3v) is 10.8. The third-order valence-electron chi connectivity index (χ3n) is 10.8. The van der Waals surface area contributed by atoms with E-state index in [-0.39, 0.29) is 55.9 Å². The number of benzene rings is 12. The maximum atomic E-state index is 10.2. The van der Waals surface area contributed by atoms with Gasteiger partial charge in [0.1, 0.15) is 0 Å². The van der Waals surface area contributed by atoms with Gasteiger partial charge in [-0.05, 0) is 132 Å². The first kappa shape index (κ1) is 19.0. The standard InChI is InChI=1S/C52H30/c1-2-12-39-37(7-1)29-38(30-48(39)45-24-20-36-18-16-32-9-6-11-34-22-26-47(45)52(36)50(32)34)40-27-28-43(42-14-4-3-13-41(40)42)44-23-19-35-17-15-31-8-5-10-33-21-25-46(44)51(35)49(31)33/h1-30H/i1D,2D,3D,4D,7D,12D,13D,14D,27D,28D,29D,30D. The summed E-state index contributed by atoms with van der Waals surface area (Å²) in [7, 11) is 0. The lowest BCUT2D eigenvalue weighted by Gasteiger charge is -2.18. The Morgan fingerprint density at radius 3 is 1.31 bits per heavy atom. The Hall–Kier alpha value is -6.76. The van der Waals surface area contributed by atoms with Gasteiger partial charge in [-0.2, -0.15) is 0 Å². The van der Waals surface area contributed by atoms with Crippen LogP contribution in [-0.2, 0) is 0 Å². The minimum absolute atomic E-state index is 0.0600.